The maximum Gasteiger partial charge on any atom is 0.254 e. The molecule has 20 heavy (non-hydrogen) atoms. The Balaban J connectivity index is 1.94. The fourth-order valence-electron chi connectivity index (χ4n) is 2.75. The van der Waals surface area contributed by atoms with Gasteiger partial charge in [0.15, 0.2) is 0 Å². The van der Waals surface area contributed by atoms with Crippen LogP contribution >= 0.6 is 0 Å². The van der Waals surface area contributed by atoms with Gasteiger partial charge in [-0.3, -0.25) is 9.59 Å². The highest BCUT2D eigenvalue weighted by Crippen LogP contribution is 2.21. The number of likely N-dealkylation sites (tertiary alicyclic amines) is 1. The summed E-state index contributed by atoms with van der Waals surface area (Å²) in [6.07, 6.45) is 1.85. The fraction of sp³-hybridized carbons (Fsp3) is 0.294. The minimum Gasteiger partial charge on any atom is -0.338 e. The van der Waals surface area contributed by atoms with Crippen LogP contribution in [0.1, 0.15) is 29.6 Å². The van der Waals surface area contributed by atoms with Gasteiger partial charge in [-0.2, -0.15) is 0 Å². The number of rotatable bonds is 1. The van der Waals surface area contributed by atoms with Crippen molar-refractivity contribution in [3.8, 4) is 0 Å². The van der Waals surface area contributed by atoms with E-state index in [2.05, 4.69) is 0 Å². The number of benzene rings is 2. The molecule has 0 aliphatic carbocycles. The lowest BCUT2D eigenvalue weighted by molar-refractivity contribution is -0.118. The number of hydrogen-bond acceptors (Lipinski definition) is 2. The number of hydrogen-bond donors (Lipinski definition) is 0. The van der Waals surface area contributed by atoms with Crippen molar-refractivity contribution in [3.63, 3.8) is 0 Å². The third kappa shape index (κ3) is 2.44. The van der Waals surface area contributed by atoms with E-state index in [0.717, 1.165) is 22.8 Å². The predicted octanol–water partition coefficient (Wildman–Crippen LogP) is 3.04. The minimum atomic E-state index is 0.0384. The molecule has 3 nitrogen and oxygen atoms in total. The van der Waals surface area contributed by atoms with Gasteiger partial charge in [0.1, 0.15) is 5.78 Å². The maximum absolute atomic E-state index is 12.7. The standard InChI is InChI=1S/C17H17NO2/c19-14-7-4-11-18(12-10-14)17(20)16-9-3-6-13-5-1-2-8-15(13)16/h1-3,5-6,8-9H,4,7,10-12H2. The van der Waals surface area contributed by atoms with Crippen LogP contribution in [0.2, 0.25) is 0 Å². The van der Waals surface area contributed by atoms with Gasteiger partial charge in [0.25, 0.3) is 5.91 Å². The van der Waals surface area contributed by atoms with E-state index in [-0.39, 0.29) is 11.7 Å². The van der Waals surface area contributed by atoms with Gasteiger partial charge in [-0.05, 0) is 23.3 Å². The van der Waals surface area contributed by atoms with E-state index in [1.165, 1.54) is 0 Å². The molecule has 1 saturated heterocycles. The lowest BCUT2D eigenvalue weighted by Gasteiger charge is -2.20. The largest absolute Gasteiger partial charge is 0.338 e. The topological polar surface area (TPSA) is 37.4 Å². The van der Waals surface area contributed by atoms with Crippen LogP contribution in [0.25, 0.3) is 10.8 Å². The quantitative estimate of drug-likeness (QED) is 0.796. The molecule has 3 heteroatoms. The molecule has 0 N–H and O–H groups in total. The summed E-state index contributed by atoms with van der Waals surface area (Å²) in [5.74, 6) is 0.301. The van der Waals surface area contributed by atoms with Crippen molar-refractivity contribution >= 4 is 22.5 Å². The van der Waals surface area contributed by atoms with Gasteiger partial charge in [0, 0.05) is 31.5 Å². The lowest BCUT2D eigenvalue weighted by Crippen LogP contribution is -2.32. The molecule has 0 unspecified atom stereocenters. The molecule has 1 aliphatic heterocycles. The zero-order valence-corrected chi connectivity index (χ0v) is 11.3. The molecule has 0 saturated carbocycles. The van der Waals surface area contributed by atoms with Gasteiger partial charge in [0.2, 0.25) is 0 Å². The van der Waals surface area contributed by atoms with Crippen molar-refractivity contribution in [1.82, 2.24) is 4.90 Å². The Hall–Kier alpha value is -2.16. The summed E-state index contributed by atoms with van der Waals surface area (Å²) in [5, 5.41) is 2.06. The Bertz CT molecular complexity index is 658. The monoisotopic (exact) mass is 267 g/mol. The number of fused-ring (bicyclic) bond motifs is 1. The Morgan fingerprint density at radius 3 is 2.65 bits per heavy atom. The summed E-state index contributed by atoms with van der Waals surface area (Å²) >= 11 is 0. The normalized spacial score (nSPS) is 16.2. The summed E-state index contributed by atoms with van der Waals surface area (Å²) in [7, 11) is 0. The number of carbonyl (C=O) groups is 2. The molecule has 1 heterocycles. The van der Waals surface area contributed by atoms with Crippen molar-refractivity contribution in [2.24, 2.45) is 0 Å². The highest BCUT2D eigenvalue weighted by Gasteiger charge is 2.21. The highest BCUT2D eigenvalue weighted by atomic mass is 16.2. The van der Waals surface area contributed by atoms with Gasteiger partial charge in [-0.15, -0.1) is 0 Å². The van der Waals surface area contributed by atoms with E-state index in [9.17, 15) is 9.59 Å². The van der Waals surface area contributed by atoms with Crippen LogP contribution in [-0.2, 0) is 4.79 Å². The van der Waals surface area contributed by atoms with Crippen LogP contribution in [0.15, 0.2) is 42.5 Å². The summed E-state index contributed by atoms with van der Waals surface area (Å²) in [4.78, 5) is 26.0. The smallest absolute Gasteiger partial charge is 0.254 e. The number of amides is 1. The van der Waals surface area contributed by atoms with Crippen LogP contribution in [0.3, 0.4) is 0 Å². The summed E-state index contributed by atoms with van der Waals surface area (Å²) < 4.78 is 0. The first-order valence-corrected chi connectivity index (χ1v) is 7.04. The Morgan fingerprint density at radius 2 is 1.75 bits per heavy atom. The Morgan fingerprint density at radius 1 is 0.950 bits per heavy atom. The molecule has 0 spiro atoms. The third-order valence-electron chi connectivity index (χ3n) is 3.85. The molecule has 2 aromatic rings. The van der Waals surface area contributed by atoms with Gasteiger partial charge in [0.05, 0.1) is 0 Å². The molecule has 0 bridgehead atoms. The zero-order valence-electron chi connectivity index (χ0n) is 11.3. The number of ketones is 1. The van der Waals surface area contributed by atoms with Crippen LogP contribution in [0.4, 0.5) is 0 Å². The van der Waals surface area contributed by atoms with Crippen LogP contribution < -0.4 is 0 Å². The first-order chi connectivity index (χ1) is 9.75. The second-order valence-electron chi connectivity index (χ2n) is 5.21. The van der Waals surface area contributed by atoms with Gasteiger partial charge in [-0.1, -0.05) is 36.4 Å². The van der Waals surface area contributed by atoms with Gasteiger partial charge >= 0.3 is 0 Å². The molecule has 1 fully saturated rings. The first-order valence-electron chi connectivity index (χ1n) is 7.04. The minimum absolute atomic E-state index is 0.0384. The molecule has 2 aromatic carbocycles. The molecule has 1 amide bonds. The molecule has 3 rings (SSSR count). The van der Waals surface area contributed by atoms with E-state index < -0.39 is 0 Å². The molecular weight excluding hydrogens is 250 g/mol. The Labute approximate surface area is 118 Å². The predicted molar refractivity (Wildman–Crippen MR) is 78.7 cm³/mol. The van der Waals surface area contributed by atoms with Crippen LogP contribution in [0.5, 0.6) is 0 Å². The second-order valence-corrected chi connectivity index (χ2v) is 5.21. The number of Topliss-reactive ketones (excluding diaryl/α,β-unsaturated/α-hetero) is 1. The molecule has 1 aliphatic rings. The summed E-state index contributed by atoms with van der Waals surface area (Å²) in [5.41, 5.74) is 0.734. The van der Waals surface area contributed by atoms with Gasteiger partial charge < -0.3 is 4.90 Å². The number of carbonyl (C=O) groups excluding carboxylic acids is 2. The molecule has 0 aromatic heterocycles. The maximum atomic E-state index is 12.7. The summed E-state index contributed by atoms with van der Waals surface area (Å²) in [6, 6.07) is 13.7. The van der Waals surface area contributed by atoms with Crippen molar-refractivity contribution in [2.45, 2.75) is 19.3 Å². The molecule has 0 radical (unpaired) electrons. The zero-order chi connectivity index (χ0) is 13.9. The third-order valence-corrected chi connectivity index (χ3v) is 3.85. The highest BCUT2D eigenvalue weighted by molar-refractivity contribution is 6.07. The molecule has 0 atom stereocenters. The van der Waals surface area contributed by atoms with E-state index >= 15 is 0 Å². The average Bonchev–Trinajstić information content (AvgIpc) is 2.71. The summed E-state index contributed by atoms with van der Waals surface area (Å²) in [6.45, 7) is 1.22. The van der Waals surface area contributed by atoms with E-state index in [1.54, 1.807) is 0 Å². The van der Waals surface area contributed by atoms with Crippen molar-refractivity contribution in [3.05, 3.63) is 48.0 Å². The average molecular weight is 267 g/mol. The first kappa shape index (κ1) is 12.9. The Kier molecular flexibility index (Phi) is 3.50. The van der Waals surface area contributed by atoms with Crippen molar-refractivity contribution in [2.75, 3.05) is 13.1 Å². The molecular formula is C17H17NO2. The SMILES string of the molecule is O=C1CCCN(C(=O)c2cccc3ccccc23)CC1. The van der Waals surface area contributed by atoms with Gasteiger partial charge in [-0.25, -0.2) is 0 Å². The lowest BCUT2D eigenvalue weighted by atomic mass is 10.0. The number of nitrogens with zero attached hydrogens (tertiary/aromatic N) is 1. The van der Waals surface area contributed by atoms with Crippen molar-refractivity contribution in [1.29, 1.82) is 0 Å². The van der Waals surface area contributed by atoms with Crippen LogP contribution in [0, 0.1) is 0 Å². The second kappa shape index (κ2) is 5.45. The fourth-order valence-corrected chi connectivity index (χ4v) is 2.75. The van der Waals surface area contributed by atoms with Crippen LogP contribution in [-0.4, -0.2) is 29.7 Å². The van der Waals surface area contributed by atoms with Crippen molar-refractivity contribution < 1.29 is 9.59 Å². The van der Waals surface area contributed by atoms with E-state index in [4.69, 9.17) is 0 Å². The molecule has 102 valence electrons. The van der Waals surface area contributed by atoms with E-state index in [1.807, 2.05) is 47.4 Å². The van der Waals surface area contributed by atoms with E-state index in [0.29, 0.717) is 25.9 Å².